The monoisotopic (exact) mass is 309 g/mol. The van der Waals surface area contributed by atoms with Crippen LogP contribution in [-0.2, 0) is 21.2 Å². The Hall–Kier alpha value is -1.44. The van der Waals surface area contributed by atoms with Gasteiger partial charge in [0.2, 0.25) is 15.9 Å². The van der Waals surface area contributed by atoms with E-state index in [-0.39, 0.29) is 11.9 Å². The molecule has 0 bridgehead atoms. The van der Waals surface area contributed by atoms with Gasteiger partial charge in [0.1, 0.15) is 0 Å². The number of hydrogen-bond donors (Lipinski definition) is 1. The fourth-order valence-electron chi connectivity index (χ4n) is 2.76. The predicted molar refractivity (Wildman–Crippen MR) is 79.8 cm³/mol. The highest BCUT2D eigenvalue weighted by Crippen LogP contribution is 2.31. The molecule has 21 heavy (non-hydrogen) atoms. The summed E-state index contributed by atoms with van der Waals surface area (Å²) >= 11 is 0. The van der Waals surface area contributed by atoms with E-state index in [0.717, 1.165) is 11.3 Å². The zero-order chi connectivity index (χ0) is 15.2. The van der Waals surface area contributed by atoms with Gasteiger partial charge in [0.05, 0.1) is 4.90 Å². The average molecular weight is 309 g/mol. The first-order valence-corrected chi connectivity index (χ1v) is 8.45. The molecule has 2 heterocycles. The molecule has 7 heteroatoms. The van der Waals surface area contributed by atoms with Crippen molar-refractivity contribution in [3.63, 3.8) is 0 Å². The molecule has 1 N–H and O–H groups in total. The van der Waals surface area contributed by atoms with E-state index in [0.29, 0.717) is 31.0 Å². The number of carbonyl (C=O) groups excluding carboxylic acids is 1. The number of likely N-dealkylation sites (N-methyl/N-ethyl adjacent to an activating group) is 1. The third-order valence-electron chi connectivity index (χ3n) is 4.28. The van der Waals surface area contributed by atoms with Crippen LogP contribution in [-0.4, -0.2) is 51.4 Å². The topological polar surface area (TPSA) is 69.7 Å². The Bertz CT molecular complexity index is 683. The van der Waals surface area contributed by atoms with Crippen LogP contribution in [0.25, 0.3) is 0 Å². The lowest BCUT2D eigenvalue weighted by atomic mass is 10.2. The maximum atomic E-state index is 12.6. The van der Waals surface area contributed by atoms with Gasteiger partial charge in [-0.05, 0) is 30.2 Å². The third kappa shape index (κ3) is 2.35. The molecule has 1 aromatic rings. The summed E-state index contributed by atoms with van der Waals surface area (Å²) < 4.78 is 26.6. The lowest BCUT2D eigenvalue weighted by Gasteiger charge is -2.34. The van der Waals surface area contributed by atoms with Crippen LogP contribution in [0.4, 0.5) is 5.69 Å². The molecule has 0 aromatic heterocycles. The van der Waals surface area contributed by atoms with Gasteiger partial charge < -0.3 is 10.2 Å². The normalized spacial score (nSPS) is 18.7. The smallest absolute Gasteiger partial charge is 0.243 e. The molecule has 2 aliphatic rings. The summed E-state index contributed by atoms with van der Waals surface area (Å²) in [5.41, 5.74) is 1.75. The van der Waals surface area contributed by atoms with Crippen LogP contribution >= 0.6 is 0 Å². The second-order valence-electron chi connectivity index (χ2n) is 5.54. The van der Waals surface area contributed by atoms with Crippen LogP contribution in [0.5, 0.6) is 0 Å². The summed E-state index contributed by atoms with van der Waals surface area (Å²) in [7, 11) is -1.85. The molecule has 0 radical (unpaired) electrons. The predicted octanol–water partition coefficient (Wildman–Crippen LogP) is 0.188. The van der Waals surface area contributed by atoms with Gasteiger partial charge in [-0.25, -0.2) is 8.42 Å². The fourth-order valence-corrected chi connectivity index (χ4v) is 4.16. The lowest BCUT2D eigenvalue weighted by molar-refractivity contribution is -0.116. The average Bonchev–Trinajstić information content (AvgIpc) is 2.79. The number of sulfonamides is 1. The third-order valence-corrected chi connectivity index (χ3v) is 6.18. The second kappa shape index (κ2) is 5.08. The molecule has 2 aliphatic heterocycles. The first-order chi connectivity index (χ1) is 9.91. The van der Waals surface area contributed by atoms with E-state index in [9.17, 15) is 13.2 Å². The number of benzene rings is 1. The molecule has 0 unspecified atom stereocenters. The van der Waals surface area contributed by atoms with Crippen molar-refractivity contribution in [3.05, 3.63) is 23.8 Å². The maximum Gasteiger partial charge on any atom is 0.243 e. The number of carbonyl (C=O) groups is 1. The highest BCUT2D eigenvalue weighted by Gasteiger charge is 2.32. The van der Waals surface area contributed by atoms with Gasteiger partial charge in [-0.2, -0.15) is 4.31 Å². The number of fused-ring (bicyclic) bond motifs is 1. The van der Waals surface area contributed by atoms with E-state index in [1.165, 1.54) is 11.2 Å². The van der Waals surface area contributed by atoms with Gasteiger partial charge in [0.25, 0.3) is 0 Å². The van der Waals surface area contributed by atoms with E-state index in [2.05, 4.69) is 5.32 Å². The minimum absolute atomic E-state index is 0.0120. The molecule has 0 spiro atoms. The molecule has 0 saturated carbocycles. The molecule has 1 saturated heterocycles. The minimum atomic E-state index is -3.47. The van der Waals surface area contributed by atoms with Crippen LogP contribution in [0.3, 0.4) is 0 Å². The van der Waals surface area contributed by atoms with Gasteiger partial charge in [-0.3, -0.25) is 4.79 Å². The number of amides is 1. The van der Waals surface area contributed by atoms with Crippen LogP contribution < -0.4 is 10.2 Å². The number of nitrogens with zero attached hydrogens (tertiary/aromatic N) is 2. The molecular weight excluding hydrogens is 290 g/mol. The van der Waals surface area contributed by atoms with Gasteiger partial charge >= 0.3 is 0 Å². The van der Waals surface area contributed by atoms with Crippen molar-refractivity contribution < 1.29 is 13.2 Å². The zero-order valence-electron chi connectivity index (χ0n) is 12.2. The molecule has 3 rings (SSSR count). The van der Waals surface area contributed by atoms with Crippen molar-refractivity contribution in [1.82, 2.24) is 9.62 Å². The van der Waals surface area contributed by atoms with E-state index in [4.69, 9.17) is 0 Å². The van der Waals surface area contributed by atoms with Crippen molar-refractivity contribution in [2.24, 2.45) is 0 Å². The van der Waals surface area contributed by atoms with Gasteiger partial charge in [-0.15, -0.1) is 0 Å². The molecule has 6 nitrogen and oxygen atoms in total. The Morgan fingerprint density at radius 1 is 1.38 bits per heavy atom. The summed E-state index contributed by atoms with van der Waals surface area (Å²) in [5.74, 6) is -0.0120. The van der Waals surface area contributed by atoms with Crippen LogP contribution in [0.1, 0.15) is 12.5 Å². The van der Waals surface area contributed by atoms with Crippen molar-refractivity contribution in [2.75, 3.05) is 31.6 Å². The molecular formula is C14H19N3O3S. The summed E-state index contributed by atoms with van der Waals surface area (Å²) in [6.07, 6.45) is 0.701. The largest absolute Gasteiger partial charge is 0.313 e. The fraction of sp³-hybridized carbons (Fsp3) is 0.500. The second-order valence-corrected chi connectivity index (χ2v) is 7.54. The van der Waals surface area contributed by atoms with Gasteiger partial charge in [0.15, 0.2) is 0 Å². The SMILES string of the molecule is CC(=O)N1CCc2cc(S(=O)(=O)N(C)C3CNC3)ccc21. The van der Waals surface area contributed by atoms with Crippen molar-refractivity contribution in [1.29, 1.82) is 0 Å². The Balaban J connectivity index is 1.92. The highest BCUT2D eigenvalue weighted by molar-refractivity contribution is 7.89. The van der Waals surface area contributed by atoms with Crippen LogP contribution in [0, 0.1) is 0 Å². The minimum Gasteiger partial charge on any atom is -0.313 e. The molecule has 0 aliphatic carbocycles. The van der Waals surface area contributed by atoms with Crippen molar-refractivity contribution >= 4 is 21.6 Å². The summed E-state index contributed by atoms with van der Waals surface area (Å²) in [4.78, 5) is 13.5. The summed E-state index contributed by atoms with van der Waals surface area (Å²) in [6.45, 7) is 3.53. The number of hydrogen-bond acceptors (Lipinski definition) is 4. The van der Waals surface area contributed by atoms with Gasteiger partial charge in [0, 0.05) is 45.3 Å². The number of nitrogens with one attached hydrogen (secondary N) is 1. The Morgan fingerprint density at radius 3 is 2.67 bits per heavy atom. The van der Waals surface area contributed by atoms with Gasteiger partial charge in [-0.1, -0.05) is 0 Å². The van der Waals surface area contributed by atoms with Crippen molar-refractivity contribution in [2.45, 2.75) is 24.3 Å². The van der Waals surface area contributed by atoms with E-state index in [1.807, 2.05) is 0 Å². The molecule has 0 atom stereocenters. The van der Waals surface area contributed by atoms with E-state index in [1.54, 1.807) is 30.1 Å². The Kier molecular flexibility index (Phi) is 3.51. The van der Waals surface area contributed by atoms with Crippen LogP contribution in [0.2, 0.25) is 0 Å². The highest BCUT2D eigenvalue weighted by atomic mass is 32.2. The summed E-state index contributed by atoms with van der Waals surface area (Å²) in [5, 5.41) is 3.08. The Labute approximate surface area is 124 Å². The van der Waals surface area contributed by atoms with Crippen molar-refractivity contribution in [3.8, 4) is 0 Å². The molecule has 114 valence electrons. The Morgan fingerprint density at radius 2 is 2.10 bits per heavy atom. The first kappa shape index (κ1) is 14.5. The lowest BCUT2D eigenvalue weighted by Crippen LogP contribution is -2.57. The van der Waals surface area contributed by atoms with Crippen LogP contribution in [0.15, 0.2) is 23.1 Å². The summed E-state index contributed by atoms with van der Waals surface area (Å²) in [6, 6.07) is 5.06. The standard InChI is InChI=1S/C14H19N3O3S/c1-10(18)17-6-5-11-7-13(3-4-14(11)17)21(19,20)16(2)12-8-15-9-12/h3-4,7,12,15H,5-6,8-9H2,1-2H3. The number of rotatable bonds is 3. The zero-order valence-corrected chi connectivity index (χ0v) is 13.0. The molecule has 1 fully saturated rings. The van der Waals surface area contributed by atoms with E-state index < -0.39 is 10.0 Å². The number of anilines is 1. The molecule has 1 aromatic carbocycles. The van der Waals surface area contributed by atoms with E-state index >= 15 is 0 Å². The maximum absolute atomic E-state index is 12.6. The molecule has 1 amide bonds. The quantitative estimate of drug-likeness (QED) is 0.865. The first-order valence-electron chi connectivity index (χ1n) is 7.01.